The summed E-state index contributed by atoms with van der Waals surface area (Å²) in [5, 5.41) is 0.0498. The maximum atomic E-state index is 14.4. The number of anilines is 1. The van der Waals surface area contributed by atoms with Crippen LogP contribution in [0.2, 0.25) is 5.02 Å². The number of nitrogens with zero attached hydrogens (tertiary/aromatic N) is 3. The van der Waals surface area contributed by atoms with Crippen LogP contribution in [0.5, 0.6) is 0 Å². The molecule has 1 saturated carbocycles. The normalized spacial score (nSPS) is 21.1. The van der Waals surface area contributed by atoms with E-state index in [1.807, 2.05) is 0 Å². The van der Waals surface area contributed by atoms with E-state index in [2.05, 4.69) is 9.98 Å². The molecule has 4 N–H and O–H groups in total. The third-order valence-electron chi connectivity index (χ3n) is 4.02. The van der Waals surface area contributed by atoms with Crippen LogP contribution in [0.15, 0.2) is 28.2 Å². The number of hydrogen-bond donors (Lipinski definition) is 2. The van der Waals surface area contributed by atoms with Gasteiger partial charge in [0.05, 0.1) is 10.7 Å². The topological polar surface area (TPSA) is 80.0 Å². The first-order valence-electron chi connectivity index (χ1n) is 6.97. The first-order valence-corrected chi connectivity index (χ1v) is 7.35. The number of nitrogens with two attached hydrogens (primary N) is 2. The van der Waals surface area contributed by atoms with Crippen LogP contribution in [0, 0.1) is 5.82 Å². The standard InChI is InChI=1S/C14H17ClFN5/c15-9-5-4-6-10(11(9)16)21-13(18)19-12(17)20-14(21)7-2-1-3-8-14/h4-6H,1-3,7-8H2,(H4,17,18,19,20). The largest absolute Gasteiger partial charge is 0.369 e. The fourth-order valence-corrected chi connectivity index (χ4v) is 3.30. The van der Waals surface area contributed by atoms with Crippen LogP contribution in [-0.4, -0.2) is 17.6 Å². The zero-order valence-corrected chi connectivity index (χ0v) is 12.3. The molecule has 0 bridgehead atoms. The van der Waals surface area contributed by atoms with Crippen LogP contribution in [0.1, 0.15) is 32.1 Å². The molecule has 1 fully saturated rings. The first kappa shape index (κ1) is 14.1. The van der Waals surface area contributed by atoms with Gasteiger partial charge >= 0.3 is 0 Å². The van der Waals surface area contributed by atoms with Gasteiger partial charge in [0.1, 0.15) is 5.66 Å². The molecule has 2 aliphatic rings. The molecule has 1 aromatic carbocycles. The monoisotopic (exact) mass is 309 g/mol. The molecule has 0 saturated heterocycles. The molecule has 3 rings (SSSR count). The van der Waals surface area contributed by atoms with Gasteiger partial charge in [0.15, 0.2) is 5.82 Å². The Labute approximate surface area is 127 Å². The Kier molecular flexibility index (Phi) is 3.49. The number of benzene rings is 1. The Morgan fingerprint density at radius 1 is 1.19 bits per heavy atom. The van der Waals surface area contributed by atoms with Crippen LogP contribution >= 0.6 is 11.6 Å². The molecule has 0 aromatic heterocycles. The Balaban J connectivity index is 2.13. The third-order valence-corrected chi connectivity index (χ3v) is 4.32. The van der Waals surface area contributed by atoms with Crippen molar-refractivity contribution in [2.45, 2.75) is 37.8 Å². The summed E-state index contributed by atoms with van der Waals surface area (Å²) in [4.78, 5) is 10.1. The van der Waals surface area contributed by atoms with E-state index in [-0.39, 0.29) is 16.9 Å². The van der Waals surface area contributed by atoms with E-state index >= 15 is 0 Å². The highest BCUT2D eigenvalue weighted by Crippen LogP contribution is 2.41. The molecule has 0 radical (unpaired) electrons. The second-order valence-corrected chi connectivity index (χ2v) is 5.80. The number of halogens is 2. The smallest absolute Gasteiger partial charge is 0.220 e. The SMILES string of the molecule is NC1=NC2(CCCCC2)N(c2cccc(Cl)c2F)C(N)=N1. The van der Waals surface area contributed by atoms with E-state index in [9.17, 15) is 4.39 Å². The van der Waals surface area contributed by atoms with Gasteiger partial charge in [-0.25, -0.2) is 9.38 Å². The van der Waals surface area contributed by atoms with Crippen LogP contribution in [-0.2, 0) is 0 Å². The van der Waals surface area contributed by atoms with Crippen molar-refractivity contribution in [2.24, 2.45) is 21.5 Å². The zero-order valence-electron chi connectivity index (χ0n) is 11.5. The van der Waals surface area contributed by atoms with Gasteiger partial charge in [-0.15, -0.1) is 0 Å². The lowest BCUT2D eigenvalue weighted by Crippen LogP contribution is -2.58. The van der Waals surface area contributed by atoms with Crippen LogP contribution in [0.4, 0.5) is 10.1 Å². The van der Waals surface area contributed by atoms with Crippen molar-refractivity contribution in [3.63, 3.8) is 0 Å². The second kappa shape index (κ2) is 5.18. The van der Waals surface area contributed by atoms with Crippen molar-refractivity contribution in [3.8, 4) is 0 Å². The van der Waals surface area contributed by atoms with Crippen molar-refractivity contribution in [2.75, 3.05) is 4.90 Å². The Morgan fingerprint density at radius 2 is 1.90 bits per heavy atom. The minimum absolute atomic E-state index is 0.0498. The summed E-state index contributed by atoms with van der Waals surface area (Å²) in [6.45, 7) is 0. The molecule has 1 spiro atoms. The molecule has 0 amide bonds. The summed E-state index contributed by atoms with van der Waals surface area (Å²) in [5.41, 5.74) is 11.4. The Hall–Kier alpha value is -1.82. The molecule has 5 nitrogen and oxygen atoms in total. The van der Waals surface area contributed by atoms with Gasteiger partial charge in [-0.2, -0.15) is 4.99 Å². The number of hydrogen-bond acceptors (Lipinski definition) is 5. The molecule has 1 aromatic rings. The highest BCUT2D eigenvalue weighted by atomic mass is 35.5. The summed E-state index contributed by atoms with van der Waals surface area (Å²) in [5.74, 6) is -0.211. The van der Waals surface area contributed by atoms with Crippen molar-refractivity contribution >= 4 is 29.2 Å². The highest BCUT2D eigenvalue weighted by molar-refractivity contribution is 6.31. The Morgan fingerprint density at radius 3 is 2.62 bits per heavy atom. The van der Waals surface area contributed by atoms with Crippen LogP contribution in [0.25, 0.3) is 0 Å². The van der Waals surface area contributed by atoms with Gasteiger partial charge in [0, 0.05) is 0 Å². The molecule has 7 heteroatoms. The van der Waals surface area contributed by atoms with Crippen molar-refractivity contribution in [3.05, 3.63) is 29.0 Å². The fourth-order valence-electron chi connectivity index (χ4n) is 3.13. The van der Waals surface area contributed by atoms with Crippen molar-refractivity contribution in [1.82, 2.24) is 0 Å². The van der Waals surface area contributed by atoms with Gasteiger partial charge in [-0.05, 0) is 37.8 Å². The summed E-state index contributed by atoms with van der Waals surface area (Å²) in [7, 11) is 0. The lowest BCUT2D eigenvalue weighted by atomic mass is 9.87. The molecular formula is C14H17ClFN5. The minimum atomic E-state index is -0.653. The van der Waals surface area contributed by atoms with E-state index in [1.165, 1.54) is 6.07 Å². The maximum absolute atomic E-state index is 14.4. The average Bonchev–Trinajstić information content (AvgIpc) is 2.43. The Bertz CT molecular complexity index is 622. The second-order valence-electron chi connectivity index (χ2n) is 5.39. The molecule has 1 aliphatic heterocycles. The zero-order chi connectivity index (χ0) is 15.0. The van der Waals surface area contributed by atoms with Gasteiger partial charge in [0.2, 0.25) is 11.9 Å². The van der Waals surface area contributed by atoms with E-state index in [0.717, 1.165) is 32.1 Å². The molecule has 0 unspecified atom stereocenters. The van der Waals surface area contributed by atoms with Crippen molar-refractivity contribution in [1.29, 1.82) is 0 Å². The van der Waals surface area contributed by atoms with Crippen LogP contribution in [0.3, 0.4) is 0 Å². The van der Waals surface area contributed by atoms with Gasteiger partial charge in [0.25, 0.3) is 0 Å². The number of guanidine groups is 2. The first-order chi connectivity index (χ1) is 10.0. The minimum Gasteiger partial charge on any atom is -0.369 e. The van der Waals surface area contributed by atoms with Gasteiger partial charge in [-0.1, -0.05) is 24.1 Å². The predicted octanol–water partition coefficient (Wildman–Crippen LogP) is 2.59. The molecule has 21 heavy (non-hydrogen) atoms. The van der Waals surface area contributed by atoms with E-state index in [0.29, 0.717) is 5.69 Å². The molecule has 0 atom stereocenters. The summed E-state index contributed by atoms with van der Waals surface area (Å²) in [6, 6.07) is 4.83. The van der Waals surface area contributed by atoms with E-state index in [1.54, 1.807) is 17.0 Å². The summed E-state index contributed by atoms with van der Waals surface area (Å²) in [6.07, 6.45) is 4.62. The quantitative estimate of drug-likeness (QED) is 0.836. The summed E-state index contributed by atoms with van der Waals surface area (Å²) >= 11 is 5.89. The van der Waals surface area contributed by atoms with E-state index < -0.39 is 11.5 Å². The average molecular weight is 310 g/mol. The fraction of sp³-hybridized carbons (Fsp3) is 0.429. The molecule has 1 heterocycles. The van der Waals surface area contributed by atoms with Gasteiger partial charge in [-0.3, -0.25) is 4.90 Å². The van der Waals surface area contributed by atoms with Crippen molar-refractivity contribution < 1.29 is 4.39 Å². The molecule has 112 valence electrons. The molecular weight excluding hydrogens is 293 g/mol. The predicted molar refractivity (Wildman–Crippen MR) is 82.9 cm³/mol. The lowest BCUT2D eigenvalue weighted by Gasteiger charge is -2.45. The lowest BCUT2D eigenvalue weighted by molar-refractivity contribution is 0.304. The van der Waals surface area contributed by atoms with E-state index in [4.69, 9.17) is 23.1 Å². The molecule has 1 aliphatic carbocycles. The summed E-state index contributed by atoms with van der Waals surface area (Å²) < 4.78 is 14.4. The van der Waals surface area contributed by atoms with Crippen LogP contribution < -0.4 is 16.4 Å². The maximum Gasteiger partial charge on any atom is 0.220 e. The highest BCUT2D eigenvalue weighted by Gasteiger charge is 2.43. The third kappa shape index (κ3) is 2.33. The number of rotatable bonds is 1. The number of aliphatic imine (C=N–C) groups is 2. The van der Waals surface area contributed by atoms with Gasteiger partial charge < -0.3 is 11.5 Å².